The maximum absolute atomic E-state index is 11.4. The van der Waals surface area contributed by atoms with E-state index in [1.165, 1.54) is 11.8 Å². The van der Waals surface area contributed by atoms with Gasteiger partial charge in [-0.3, -0.25) is 4.79 Å². The molecule has 0 aliphatic carbocycles. The van der Waals surface area contributed by atoms with Gasteiger partial charge in [-0.05, 0) is 30.0 Å². The Bertz CT molecular complexity index is 651. The first kappa shape index (κ1) is 12.4. The molecule has 0 saturated heterocycles. The van der Waals surface area contributed by atoms with Crippen molar-refractivity contribution in [1.29, 1.82) is 0 Å². The van der Waals surface area contributed by atoms with Crippen molar-refractivity contribution in [2.24, 2.45) is 0 Å². The number of hydrogen-bond donors (Lipinski definition) is 2. The van der Waals surface area contributed by atoms with Crippen LogP contribution in [0, 0.1) is 0 Å². The molecule has 2 aromatic rings. The van der Waals surface area contributed by atoms with E-state index in [0.29, 0.717) is 21.4 Å². The number of rotatable bonds is 2. The van der Waals surface area contributed by atoms with E-state index in [-0.39, 0.29) is 0 Å². The largest absolute Gasteiger partial charge is 0.378 e. The van der Waals surface area contributed by atoms with Gasteiger partial charge in [-0.25, -0.2) is 9.97 Å². The van der Waals surface area contributed by atoms with Crippen LogP contribution < -0.4 is 5.32 Å². The summed E-state index contributed by atoms with van der Waals surface area (Å²) in [6, 6.07) is 5.03. The predicted molar refractivity (Wildman–Crippen MR) is 71.2 cm³/mol. The number of carbonyl (C=O) groups is 1. The van der Waals surface area contributed by atoms with Gasteiger partial charge in [0.2, 0.25) is 0 Å². The number of aromatic nitrogens is 2. The molecule has 5 nitrogen and oxygen atoms in total. The van der Waals surface area contributed by atoms with Gasteiger partial charge in [0, 0.05) is 28.5 Å². The van der Waals surface area contributed by atoms with E-state index >= 15 is 0 Å². The zero-order valence-electron chi connectivity index (χ0n) is 9.50. The summed E-state index contributed by atoms with van der Waals surface area (Å²) in [6.45, 7) is 0. The molecule has 19 heavy (non-hydrogen) atoms. The number of anilines is 1. The number of nitrogens with zero attached hydrogens (tertiary/aromatic N) is 2. The van der Waals surface area contributed by atoms with Crippen molar-refractivity contribution in [1.82, 2.24) is 9.97 Å². The molecule has 1 aliphatic rings. The number of amides is 1. The van der Waals surface area contributed by atoms with E-state index in [1.807, 2.05) is 0 Å². The van der Waals surface area contributed by atoms with E-state index in [2.05, 4.69) is 15.3 Å². The number of aliphatic hydroxyl groups is 1. The molecule has 2 heterocycles. The molecule has 3 rings (SSSR count). The van der Waals surface area contributed by atoms with Crippen molar-refractivity contribution < 1.29 is 9.90 Å². The lowest BCUT2D eigenvalue weighted by Crippen LogP contribution is -2.10. The van der Waals surface area contributed by atoms with E-state index in [9.17, 15) is 9.90 Å². The quantitative estimate of drug-likeness (QED) is 0.831. The zero-order valence-corrected chi connectivity index (χ0v) is 11.1. The molecule has 0 bridgehead atoms. The molecular formula is C12H8ClN3O2S. The van der Waals surface area contributed by atoms with E-state index in [4.69, 9.17) is 11.6 Å². The minimum Gasteiger partial charge on any atom is -0.378 e. The summed E-state index contributed by atoms with van der Waals surface area (Å²) >= 11 is 7.44. The fourth-order valence-corrected chi connectivity index (χ4v) is 2.81. The van der Waals surface area contributed by atoms with E-state index in [1.54, 1.807) is 30.6 Å². The Morgan fingerprint density at radius 3 is 2.79 bits per heavy atom. The standard InChI is InChI=1S/C12H8ClN3O2S/c13-7-4-6-8(16-11(18)10(6)17)5-9(7)19-12-14-2-1-3-15-12/h1-5,10,17H,(H,16,18). The Hall–Kier alpha value is -1.63. The Morgan fingerprint density at radius 2 is 2.05 bits per heavy atom. The number of benzene rings is 1. The van der Waals surface area contributed by atoms with Gasteiger partial charge in [0.1, 0.15) is 0 Å². The molecule has 1 atom stereocenters. The molecule has 1 aliphatic heterocycles. The molecule has 1 aromatic heterocycles. The van der Waals surface area contributed by atoms with Gasteiger partial charge in [0.15, 0.2) is 11.3 Å². The summed E-state index contributed by atoms with van der Waals surface area (Å²) in [4.78, 5) is 20.3. The van der Waals surface area contributed by atoms with Gasteiger partial charge in [-0.1, -0.05) is 11.6 Å². The number of hydrogen-bond acceptors (Lipinski definition) is 5. The van der Waals surface area contributed by atoms with Gasteiger partial charge < -0.3 is 10.4 Å². The Kier molecular flexibility index (Phi) is 3.14. The summed E-state index contributed by atoms with van der Waals surface area (Å²) in [5.41, 5.74) is 1.06. The van der Waals surface area contributed by atoms with Crippen LogP contribution in [0.2, 0.25) is 5.02 Å². The highest BCUT2D eigenvalue weighted by molar-refractivity contribution is 7.99. The van der Waals surface area contributed by atoms with Gasteiger partial charge in [-0.15, -0.1) is 0 Å². The number of halogens is 1. The molecule has 7 heteroatoms. The predicted octanol–water partition coefficient (Wildman–Crippen LogP) is 2.27. The average molecular weight is 294 g/mol. The van der Waals surface area contributed by atoms with Crippen molar-refractivity contribution in [3.63, 3.8) is 0 Å². The summed E-state index contributed by atoms with van der Waals surface area (Å²) in [5, 5.41) is 13.3. The normalized spacial score (nSPS) is 17.2. The second-order valence-electron chi connectivity index (χ2n) is 3.90. The van der Waals surface area contributed by atoms with Crippen molar-refractivity contribution in [3.05, 3.63) is 41.2 Å². The van der Waals surface area contributed by atoms with E-state index < -0.39 is 12.0 Å². The van der Waals surface area contributed by atoms with Crippen LogP contribution in [0.1, 0.15) is 11.7 Å². The Morgan fingerprint density at radius 1 is 1.32 bits per heavy atom. The Labute approximate surface area is 118 Å². The third-order valence-corrected chi connectivity index (χ3v) is 4.02. The van der Waals surface area contributed by atoms with E-state index in [0.717, 1.165) is 4.90 Å². The fraction of sp³-hybridized carbons (Fsp3) is 0.0833. The molecular weight excluding hydrogens is 286 g/mol. The van der Waals surface area contributed by atoms with Crippen molar-refractivity contribution in [3.8, 4) is 0 Å². The highest BCUT2D eigenvalue weighted by atomic mass is 35.5. The first-order valence-corrected chi connectivity index (χ1v) is 6.62. The van der Waals surface area contributed by atoms with Crippen LogP contribution in [0.5, 0.6) is 0 Å². The first-order chi connectivity index (χ1) is 9.15. The molecule has 0 spiro atoms. The highest BCUT2D eigenvalue weighted by Gasteiger charge is 2.29. The van der Waals surface area contributed by atoms with Crippen molar-refractivity contribution >= 4 is 35.0 Å². The van der Waals surface area contributed by atoms with Crippen LogP contribution in [0.3, 0.4) is 0 Å². The number of aliphatic hydroxyl groups excluding tert-OH is 1. The lowest BCUT2D eigenvalue weighted by molar-refractivity contribution is -0.123. The van der Waals surface area contributed by atoms with Crippen LogP contribution in [-0.4, -0.2) is 21.0 Å². The molecule has 0 saturated carbocycles. The molecule has 96 valence electrons. The molecule has 1 amide bonds. The third kappa shape index (κ3) is 2.30. The Balaban J connectivity index is 1.97. The van der Waals surface area contributed by atoms with Crippen LogP contribution in [0.25, 0.3) is 0 Å². The second-order valence-corrected chi connectivity index (χ2v) is 5.31. The van der Waals surface area contributed by atoms with Crippen molar-refractivity contribution in [2.75, 3.05) is 5.32 Å². The smallest absolute Gasteiger partial charge is 0.257 e. The molecule has 0 fully saturated rings. The third-order valence-electron chi connectivity index (χ3n) is 2.65. The van der Waals surface area contributed by atoms with Crippen LogP contribution in [0.15, 0.2) is 40.6 Å². The maximum atomic E-state index is 11.4. The average Bonchev–Trinajstić information content (AvgIpc) is 2.67. The van der Waals surface area contributed by atoms with Gasteiger partial charge in [0.25, 0.3) is 5.91 Å². The lowest BCUT2D eigenvalue weighted by Gasteiger charge is -2.06. The van der Waals surface area contributed by atoms with Crippen molar-refractivity contribution in [2.45, 2.75) is 16.2 Å². The molecule has 1 aromatic carbocycles. The van der Waals surface area contributed by atoms with Crippen LogP contribution in [-0.2, 0) is 4.79 Å². The maximum Gasteiger partial charge on any atom is 0.257 e. The first-order valence-electron chi connectivity index (χ1n) is 5.42. The monoisotopic (exact) mass is 293 g/mol. The summed E-state index contributed by atoms with van der Waals surface area (Å²) in [7, 11) is 0. The van der Waals surface area contributed by atoms with Gasteiger partial charge in [0.05, 0.1) is 5.02 Å². The van der Waals surface area contributed by atoms with Gasteiger partial charge >= 0.3 is 0 Å². The molecule has 1 unspecified atom stereocenters. The topological polar surface area (TPSA) is 75.1 Å². The fourth-order valence-electron chi connectivity index (χ4n) is 1.76. The molecule has 2 N–H and O–H groups in total. The number of carbonyl (C=O) groups excluding carboxylic acids is 1. The lowest BCUT2D eigenvalue weighted by atomic mass is 10.1. The summed E-state index contributed by atoms with van der Waals surface area (Å²) < 4.78 is 0. The van der Waals surface area contributed by atoms with Crippen LogP contribution >= 0.6 is 23.4 Å². The minimum absolute atomic E-state index is 0.441. The summed E-state index contributed by atoms with van der Waals surface area (Å²) in [5.74, 6) is -0.441. The number of nitrogens with one attached hydrogen (secondary N) is 1. The molecule has 0 radical (unpaired) electrons. The number of fused-ring (bicyclic) bond motifs is 1. The van der Waals surface area contributed by atoms with Gasteiger partial charge in [-0.2, -0.15) is 0 Å². The highest BCUT2D eigenvalue weighted by Crippen LogP contribution is 2.40. The van der Waals surface area contributed by atoms with Crippen LogP contribution in [0.4, 0.5) is 5.69 Å². The summed E-state index contributed by atoms with van der Waals surface area (Å²) in [6.07, 6.45) is 2.13. The second kappa shape index (κ2) is 4.80. The minimum atomic E-state index is -1.15. The zero-order chi connectivity index (χ0) is 13.4. The SMILES string of the molecule is O=C1Nc2cc(Sc3ncccn3)c(Cl)cc2C1O.